The lowest BCUT2D eigenvalue weighted by molar-refractivity contribution is -0.152. The Kier molecular flexibility index (Phi) is 8.75. The summed E-state index contributed by atoms with van der Waals surface area (Å²) in [7, 11) is 2.02. The molecule has 4 rings (SSSR count). The molecule has 1 aromatic heterocycles. The van der Waals surface area contributed by atoms with Gasteiger partial charge in [-0.15, -0.1) is 0 Å². The molecule has 0 amide bonds. The monoisotopic (exact) mass is 495 g/mol. The Morgan fingerprint density at radius 1 is 1.25 bits per heavy atom. The third-order valence-electron chi connectivity index (χ3n) is 7.43. The molecule has 1 unspecified atom stereocenters. The Labute approximate surface area is 212 Å². The molecule has 0 bridgehead atoms. The van der Waals surface area contributed by atoms with Crippen molar-refractivity contribution in [3.05, 3.63) is 65.2 Å². The van der Waals surface area contributed by atoms with Gasteiger partial charge in [-0.25, -0.2) is 14.2 Å². The number of carbonyl (C=O) groups is 1. The number of aromatic nitrogens is 2. The van der Waals surface area contributed by atoms with Crippen LogP contribution < -0.4 is 0 Å². The fourth-order valence-electron chi connectivity index (χ4n) is 5.59. The van der Waals surface area contributed by atoms with Crippen molar-refractivity contribution >= 4 is 17.0 Å². The second-order valence-electron chi connectivity index (χ2n) is 10.5. The molecular weight excluding hydrogens is 457 g/mol. The van der Waals surface area contributed by atoms with Gasteiger partial charge in [-0.2, -0.15) is 0 Å². The van der Waals surface area contributed by atoms with Crippen LogP contribution in [0.3, 0.4) is 0 Å². The molecule has 3 atom stereocenters. The predicted molar refractivity (Wildman–Crippen MR) is 140 cm³/mol. The zero-order chi connectivity index (χ0) is 25.7. The zero-order valence-electron chi connectivity index (χ0n) is 21.5. The maximum atomic E-state index is 13.7. The van der Waals surface area contributed by atoms with E-state index in [1.54, 1.807) is 6.07 Å². The first-order valence-electron chi connectivity index (χ1n) is 13.1. The van der Waals surface area contributed by atoms with Crippen molar-refractivity contribution in [1.29, 1.82) is 0 Å². The van der Waals surface area contributed by atoms with Crippen molar-refractivity contribution in [3.8, 4) is 0 Å². The van der Waals surface area contributed by atoms with E-state index in [2.05, 4.69) is 28.7 Å². The first kappa shape index (κ1) is 26.3. The number of rotatable bonds is 12. The number of H-pyrrole nitrogens is 1. The van der Waals surface area contributed by atoms with Crippen LogP contribution in [0.4, 0.5) is 4.39 Å². The highest BCUT2D eigenvalue weighted by Gasteiger charge is 2.33. The summed E-state index contributed by atoms with van der Waals surface area (Å²) in [5.41, 5.74) is 4.29. The van der Waals surface area contributed by atoms with Crippen LogP contribution in [0.5, 0.6) is 0 Å². The summed E-state index contributed by atoms with van der Waals surface area (Å²) in [4.78, 5) is 22.1. The Bertz CT molecular complexity index is 1130. The molecule has 0 fully saturated rings. The number of ether oxygens (including phenoxy) is 1. The minimum absolute atomic E-state index is 0.196. The molecule has 1 aliphatic rings. The quantitative estimate of drug-likeness (QED) is 0.350. The number of aromatic amines is 1. The zero-order valence-corrected chi connectivity index (χ0v) is 21.5. The maximum Gasteiger partial charge on any atom is 0.332 e. The van der Waals surface area contributed by atoms with Gasteiger partial charge in [0.15, 0.2) is 6.10 Å². The maximum absolute atomic E-state index is 13.7. The molecule has 0 saturated carbocycles. The molecule has 0 saturated heterocycles. The van der Waals surface area contributed by atoms with E-state index < -0.39 is 12.1 Å². The van der Waals surface area contributed by atoms with Crippen molar-refractivity contribution in [2.45, 2.75) is 58.0 Å². The van der Waals surface area contributed by atoms with E-state index in [-0.39, 0.29) is 17.7 Å². The summed E-state index contributed by atoms with van der Waals surface area (Å²) >= 11 is 0. The fraction of sp³-hybridized carbons (Fsp3) is 0.517. The molecule has 2 N–H and O–H groups in total. The van der Waals surface area contributed by atoms with Crippen molar-refractivity contribution in [2.75, 3.05) is 26.7 Å². The number of hydrogen-bond acceptors (Lipinski definition) is 4. The molecule has 6 nitrogen and oxygen atoms in total. The topological polar surface area (TPSA) is 78.5 Å². The van der Waals surface area contributed by atoms with Gasteiger partial charge in [0.1, 0.15) is 11.6 Å². The number of imidazole rings is 1. The second-order valence-corrected chi connectivity index (χ2v) is 10.5. The number of para-hydroxylation sites is 2. The van der Waals surface area contributed by atoms with E-state index in [1.165, 1.54) is 11.6 Å². The van der Waals surface area contributed by atoms with E-state index in [1.807, 2.05) is 37.4 Å². The largest absolute Gasteiger partial charge is 0.479 e. The fourth-order valence-corrected chi connectivity index (χ4v) is 5.59. The molecule has 0 radical (unpaired) electrons. The van der Waals surface area contributed by atoms with Crippen molar-refractivity contribution < 1.29 is 19.0 Å². The van der Waals surface area contributed by atoms with Crippen LogP contribution in [0, 0.1) is 17.7 Å². The Balaban J connectivity index is 1.25. The Morgan fingerprint density at radius 2 is 2.06 bits per heavy atom. The standard InChI is InChI=1S/C29H38FN3O3/c1-19(2)28-21(11-10-20-17-22(30)12-13-23(20)28)18-36-26(29(34)35)14-16-33(3)15-6-9-27-31-24-7-4-5-8-25(24)32-27/h4-5,7-8,12-13,17,19,21,26,28H,6,9-11,14-16,18H2,1-3H3,(H,31,32)(H,34,35)/t21?,26-,28-/m0/s1. The van der Waals surface area contributed by atoms with E-state index in [4.69, 9.17) is 4.74 Å². The highest BCUT2D eigenvalue weighted by molar-refractivity contribution is 5.74. The predicted octanol–water partition coefficient (Wildman–Crippen LogP) is 5.43. The molecule has 0 aliphatic heterocycles. The molecule has 1 aliphatic carbocycles. The number of aliphatic carboxylic acids is 1. The number of carboxylic acid groups (broad SMARTS) is 1. The van der Waals surface area contributed by atoms with E-state index in [0.29, 0.717) is 25.5 Å². The minimum atomic E-state index is -0.912. The number of carboxylic acids is 1. The van der Waals surface area contributed by atoms with Gasteiger partial charge >= 0.3 is 5.97 Å². The smallest absolute Gasteiger partial charge is 0.332 e. The van der Waals surface area contributed by atoms with Crippen molar-refractivity contribution in [3.63, 3.8) is 0 Å². The summed E-state index contributed by atoms with van der Waals surface area (Å²) in [6.45, 7) is 6.26. The van der Waals surface area contributed by atoms with Crippen LogP contribution in [-0.2, 0) is 22.4 Å². The number of nitrogens with zero attached hydrogens (tertiary/aromatic N) is 2. The van der Waals surface area contributed by atoms with E-state index in [0.717, 1.165) is 54.6 Å². The summed E-state index contributed by atoms with van der Waals surface area (Å²) in [6.07, 6.45) is 3.08. The average Bonchev–Trinajstić information content (AvgIpc) is 3.26. The Morgan fingerprint density at radius 3 is 2.81 bits per heavy atom. The van der Waals surface area contributed by atoms with Crippen LogP contribution >= 0.6 is 0 Å². The normalized spacial score (nSPS) is 18.6. The van der Waals surface area contributed by atoms with Gasteiger partial charge in [0, 0.05) is 13.0 Å². The SMILES string of the molecule is CC(C)[C@@H]1c2ccc(F)cc2CCC1CO[C@@H](CCN(C)CCCc1nc2ccccc2[nH]1)C(=O)O. The minimum Gasteiger partial charge on any atom is -0.479 e. The van der Waals surface area contributed by atoms with E-state index in [9.17, 15) is 14.3 Å². The number of hydrogen-bond donors (Lipinski definition) is 2. The lowest BCUT2D eigenvalue weighted by atomic mass is 9.70. The number of nitrogens with one attached hydrogen (secondary N) is 1. The van der Waals surface area contributed by atoms with Crippen LogP contribution in [0.15, 0.2) is 42.5 Å². The molecule has 2 aromatic carbocycles. The van der Waals surface area contributed by atoms with E-state index >= 15 is 0 Å². The third kappa shape index (κ3) is 6.51. The van der Waals surface area contributed by atoms with Gasteiger partial charge in [0.05, 0.1) is 17.6 Å². The summed E-state index contributed by atoms with van der Waals surface area (Å²) in [6, 6.07) is 13.1. The van der Waals surface area contributed by atoms with Crippen molar-refractivity contribution in [1.82, 2.24) is 14.9 Å². The molecule has 3 aromatic rings. The van der Waals surface area contributed by atoms with Gasteiger partial charge in [-0.1, -0.05) is 32.0 Å². The highest BCUT2D eigenvalue weighted by atomic mass is 19.1. The summed E-state index contributed by atoms with van der Waals surface area (Å²) in [5, 5.41) is 9.78. The first-order valence-corrected chi connectivity index (χ1v) is 13.1. The molecule has 0 spiro atoms. The first-order chi connectivity index (χ1) is 17.3. The number of halogens is 1. The van der Waals surface area contributed by atoms with Gasteiger partial charge in [0.2, 0.25) is 0 Å². The number of benzene rings is 2. The number of fused-ring (bicyclic) bond motifs is 2. The molecular formula is C29H38FN3O3. The van der Waals surface area contributed by atoms with Crippen LogP contribution in [0.25, 0.3) is 11.0 Å². The van der Waals surface area contributed by atoms with Gasteiger partial charge < -0.3 is 19.7 Å². The lowest BCUT2D eigenvalue weighted by Crippen LogP contribution is -2.34. The van der Waals surface area contributed by atoms with Crippen LogP contribution in [0.2, 0.25) is 0 Å². The van der Waals surface area contributed by atoms with Gasteiger partial charge in [-0.3, -0.25) is 0 Å². The molecule has 194 valence electrons. The van der Waals surface area contributed by atoms with Gasteiger partial charge in [0.25, 0.3) is 0 Å². The third-order valence-corrected chi connectivity index (χ3v) is 7.43. The summed E-state index contributed by atoms with van der Waals surface area (Å²) in [5.74, 6) is 0.705. The summed E-state index contributed by atoms with van der Waals surface area (Å²) < 4.78 is 19.7. The Hall–Kier alpha value is -2.77. The van der Waals surface area contributed by atoms with Crippen molar-refractivity contribution in [2.24, 2.45) is 11.8 Å². The van der Waals surface area contributed by atoms with Gasteiger partial charge in [-0.05, 0) is 92.4 Å². The second kappa shape index (κ2) is 12.0. The molecule has 1 heterocycles. The molecule has 36 heavy (non-hydrogen) atoms. The molecule has 7 heteroatoms. The average molecular weight is 496 g/mol. The number of aryl methyl sites for hydroxylation is 2. The van der Waals surface area contributed by atoms with Crippen LogP contribution in [0.1, 0.15) is 56.0 Å². The van der Waals surface area contributed by atoms with Crippen LogP contribution in [-0.4, -0.2) is 58.8 Å². The lowest BCUT2D eigenvalue weighted by Gasteiger charge is -2.36. The highest BCUT2D eigenvalue weighted by Crippen LogP contribution is 2.41.